The van der Waals surface area contributed by atoms with Crippen molar-refractivity contribution in [2.75, 3.05) is 13.1 Å². The van der Waals surface area contributed by atoms with Gasteiger partial charge in [-0.15, -0.1) is 0 Å². The number of rotatable bonds is 10. The lowest BCUT2D eigenvalue weighted by atomic mass is 9.99. The molecule has 0 rings (SSSR count). The van der Waals surface area contributed by atoms with Gasteiger partial charge in [-0.05, 0) is 40.5 Å². The summed E-state index contributed by atoms with van der Waals surface area (Å²) >= 11 is 0. The number of carbonyl (C=O) groups is 2. The van der Waals surface area contributed by atoms with E-state index in [-0.39, 0.29) is 17.5 Å². The molecule has 0 aromatic carbocycles. The molecule has 1 unspecified atom stereocenters. The molecule has 0 saturated carbocycles. The van der Waals surface area contributed by atoms with Gasteiger partial charge in [-0.2, -0.15) is 0 Å². The quantitative estimate of drug-likeness (QED) is 0.507. The van der Waals surface area contributed by atoms with Crippen LogP contribution in [0.1, 0.15) is 47.0 Å². The zero-order valence-corrected chi connectivity index (χ0v) is 13.1. The third-order valence-electron chi connectivity index (χ3n) is 3.13. The number of carbonyl (C=O) groups excluding carboxylic acids is 1. The van der Waals surface area contributed by atoms with Crippen molar-refractivity contribution in [3.05, 3.63) is 0 Å². The normalized spacial score (nSPS) is 14.3. The van der Waals surface area contributed by atoms with Crippen LogP contribution in [0.3, 0.4) is 0 Å². The van der Waals surface area contributed by atoms with Gasteiger partial charge in [0.2, 0.25) is 0 Å². The van der Waals surface area contributed by atoms with Gasteiger partial charge in [0.1, 0.15) is 12.3 Å². The Kier molecular flexibility index (Phi) is 7.33. The number of aliphatic carboxylic acids is 1. The fraction of sp³-hybridized carbons (Fsp3) is 0.857. The second-order valence-electron chi connectivity index (χ2n) is 6.77. The maximum absolute atomic E-state index is 11.3. The summed E-state index contributed by atoms with van der Waals surface area (Å²) in [5.41, 5.74) is 11.1. The highest BCUT2D eigenvalue weighted by Gasteiger charge is 2.27. The molecule has 0 aromatic rings. The van der Waals surface area contributed by atoms with Crippen molar-refractivity contribution < 1.29 is 14.7 Å². The van der Waals surface area contributed by atoms with Gasteiger partial charge in [0, 0.05) is 30.6 Å². The summed E-state index contributed by atoms with van der Waals surface area (Å²) in [6, 6.07) is -0.808. The van der Waals surface area contributed by atoms with E-state index < -0.39 is 12.0 Å². The van der Waals surface area contributed by atoms with Crippen LogP contribution in [0.2, 0.25) is 0 Å². The number of hydrogen-bond donors (Lipinski definition) is 3. The number of aldehydes is 1. The molecule has 0 bridgehead atoms. The Morgan fingerprint density at radius 2 is 1.55 bits per heavy atom. The topological polar surface area (TPSA) is 110 Å². The minimum Gasteiger partial charge on any atom is -0.480 e. The molecule has 0 heterocycles. The molecular weight excluding hydrogens is 258 g/mol. The average molecular weight is 287 g/mol. The monoisotopic (exact) mass is 287 g/mol. The van der Waals surface area contributed by atoms with Crippen LogP contribution in [0.25, 0.3) is 0 Å². The lowest BCUT2D eigenvalue weighted by Gasteiger charge is -2.32. The summed E-state index contributed by atoms with van der Waals surface area (Å²) < 4.78 is 0. The zero-order valence-electron chi connectivity index (χ0n) is 13.1. The first-order chi connectivity index (χ1) is 8.96. The van der Waals surface area contributed by atoms with Crippen LogP contribution in [0.15, 0.2) is 0 Å². The minimum atomic E-state index is -0.984. The largest absolute Gasteiger partial charge is 0.480 e. The van der Waals surface area contributed by atoms with Gasteiger partial charge in [0.05, 0.1) is 0 Å². The summed E-state index contributed by atoms with van der Waals surface area (Å²) in [6.07, 6.45) is 1.93. The average Bonchev–Trinajstić information content (AvgIpc) is 2.23. The molecule has 0 amide bonds. The van der Waals surface area contributed by atoms with E-state index in [1.165, 1.54) is 0 Å². The molecule has 0 fully saturated rings. The lowest BCUT2D eigenvalue weighted by molar-refractivity contribution is -0.144. The standard InChI is InChI=1S/C14H29N3O3/c1-13(2,15)6-8-17(9-7-14(3,4)16)11(5-10-18)12(19)20/h10-11H,5-9,15-16H2,1-4H3,(H,19,20). The van der Waals surface area contributed by atoms with Gasteiger partial charge in [-0.3, -0.25) is 9.69 Å². The Hall–Kier alpha value is -0.980. The Bertz CT molecular complexity index is 301. The first-order valence-corrected chi connectivity index (χ1v) is 6.94. The maximum Gasteiger partial charge on any atom is 0.321 e. The number of carboxylic acid groups (broad SMARTS) is 1. The molecule has 0 radical (unpaired) electrons. The summed E-state index contributed by atoms with van der Waals surface area (Å²) in [4.78, 5) is 23.8. The number of nitrogens with zero attached hydrogens (tertiary/aromatic N) is 1. The van der Waals surface area contributed by atoms with Crippen LogP contribution in [0, 0.1) is 0 Å². The van der Waals surface area contributed by atoms with Crippen LogP contribution < -0.4 is 11.5 Å². The van der Waals surface area contributed by atoms with E-state index in [0.717, 1.165) is 0 Å². The predicted octanol–water partition coefficient (Wildman–Crippen LogP) is 0.585. The summed E-state index contributed by atoms with van der Waals surface area (Å²) in [6.45, 7) is 8.65. The molecule has 6 nitrogen and oxygen atoms in total. The molecule has 6 heteroatoms. The van der Waals surface area contributed by atoms with Crippen molar-refractivity contribution in [2.45, 2.75) is 64.1 Å². The highest BCUT2D eigenvalue weighted by Crippen LogP contribution is 2.14. The number of carboxylic acids is 1. The molecule has 1 atom stereocenters. The van der Waals surface area contributed by atoms with E-state index >= 15 is 0 Å². The van der Waals surface area contributed by atoms with E-state index in [0.29, 0.717) is 32.2 Å². The van der Waals surface area contributed by atoms with Crippen molar-refractivity contribution in [2.24, 2.45) is 11.5 Å². The molecular formula is C14H29N3O3. The van der Waals surface area contributed by atoms with Gasteiger partial charge in [0.15, 0.2) is 0 Å². The van der Waals surface area contributed by atoms with Crippen LogP contribution in [0.4, 0.5) is 0 Å². The molecule has 0 saturated heterocycles. The maximum atomic E-state index is 11.3. The summed E-state index contributed by atoms with van der Waals surface area (Å²) in [7, 11) is 0. The number of hydrogen-bond acceptors (Lipinski definition) is 5. The second kappa shape index (κ2) is 7.71. The third-order valence-corrected chi connectivity index (χ3v) is 3.13. The fourth-order valence-corrected chi connectivity index (χ4v) is 1.78. The second-order valence-corrected chi connectivity index (χ2v) is 6.77. The van der Waals surface area contributed by atoms with Crippen molar-refractivity contribution in [1.82, 2.24) is 4.90 Å². The van der Waals surface area contributed by atoms with E-state index in [4.69, 9.17) is 11.5 Å². The van der Waals surface area contributed by atoms with Gasteiger partial charge in [-0.25, -0.2) is 0 Å². The molecule has 20 heavy (non-hydrogen) atoms. The highest BCUT2D eigenvalue weighted by atomic mass is 16.4. The summed E-state index contributed by atoms with van der Waals surface area (Å²) in [5, 5.41) is 9.27. The molecule has 0 spiro atoms. The third kappa shape index (κ3) is 9.01. The SMILES string of the molecule is CC(C)(N)CCN(CCC(C)(C)N)C(CC=O)C(=O)O. The van der Waals surface area contributed by atoms with Crippen LogP contribution in [-0.4, -0.2) is 52.5 Å². The molecule has 0 aromatic heterocycles. The van der Waals surface area contributed by atoms with Crippen LogP contribution in [-0.2, 0) is 9.59 Å². The minimum absolute atomic E-state index is 0.0225. The van der Waals surface area contributed by atoms with E-state index in [1.807, 2.05) is 27.7 Å². The van der Waals surface area contributed by atoms with E-state index in [1.54, 1.807) is 4.90 Å². The van der Waals surface area contributed by atoms with Gasteiger partial charge in [-0.1, -0.05) is 0 Å². The van der Waals surface area contributed by atoms with Crippen LogP contribution >= 0.6 is 0 Å². The Labute approximate surface area is 121 Å². The first-order valence-electron chi connectivity index (χ1n) is 6.94. The molecule has 5 N–H and O–H groups in total. The lowest BCUT2D eigenvalue weighted by Crippen LogP contribution is -2.47. The van der Waals surface area contributed by atoms with Crippen LogP contribution in [0.5, 0.6) is 0 Å². The van der Waals surface area contributed by atoms with E-state index in [9.17, 15) is 14.7 Å². The van der Waals surface area contributed by atoms with Gasteiger partial charge in [0.25, 0.3) is 0 Å². The molecule has 118 valence electrons. The van der Waals surface area contributed by atoms with Gasteiger partial charge < -0.3 is 21.4 Å². The Morgan fingerprint density at radius 1 is 1.15 bits per heavy atom. The Morgan fingerprint density at radius 3 is 1.80 bits per heavy atom. The number of nitrogens with two attached hydrogens (primary N) is 2. The first kappa shape index (κ1) is 19.0. The van der Waals surface area contributed by atoms with Gasteiger partial charge >= 0.3 is 5.97 Å². The fourth-order valence-electron chi connectivity index (χ4n) is 1.78. The Balaban J connectivity index is 4.82. The van der Waals surface area contributed by atoms with Crippen molar-refractivity contribution in [1.29, 1.82) is 0 Å². The molecule has 0 aliphatic carbocycles. The van der Waals surface area contributed by atoms with E-state index in [2.05, 4.69) is 0 Å². The predicted molar refractivity (Wildman–Crippen MR) is 79.4 cm³/mol. The highest BCUT2D eigenvalue weighted by molar-refractivity contribution is 5.76. The van der Waals surface area contributed by atoms with Crippen molar-refractivity contribution >= 4 is 12.3 Å². The summed E-state index contributed by atoms with van der Waals surface area (Å²) in [5.74, 6) is -0.984. The molecule has 0 aliphatic heterocycles. The zero-order chi connectivity index (χ0) is 16.0. The van der Waals surface area contributed by atoms with Crippen molar-refractivity contribution in [3.8, 4) is 0 Å². The smallest absolute Gasteiger partial charge is 0.321 e. The van der Waals surface area contributed by atoms with Crippen molar-refractivity contribution in [3.63, 3.8) is 0 Å². The molecule has 0 aliphatic rings.